The molecule has 114 valence electrons. The molecule has 0 saturated carbocycles. The van der Waals surface area contributed by atoms with E-state index in [4.69, 9.17) is 10.3 Å². The number of amides is 1. The number of carbonyl (C=O) groups is 1. The van der Waals surface area contributed by atoms with E-state index in [9.17, 15) is 4.79 Å². The fourth-order valence-electron chi connectivity index (χ4n) is 2.52. The van der Waals surface area contributed by atoms with Gasteiger partial charge in [-0.25, -0.2) is 5.84 Å². The molecule has 0 bridgehead atoms. The second-order valence-corrected chi connectivity index (χ2v) is 5.43. The summed E-state index contributed by atoms with van der Waals surface area (Å²) < 4.78 is 5.89. The van der Waals surface area contributed by atoms with Gasteiger partial charge in [-0.15, -0.1) is 0 Å². The van der Waals surface area contributed by atoms with Crippen LogP contribution >= 0.6 is 0 Å². The fourth-order valence-corrected chi connectivity index (χ4v) is 2.52. The Morgan fingerprint density at radius 1 is 1.38 bits per heavy atom. The van der Waals surface area contributed by atoms with Gasteiger partial charge in [-0.2, -0.15) is 0 Å². The maximum atomic E-state index is 12.1. The number of hydrogen-bond donors (Lipinski definition) is 2. The predicted molar refractivity (Wildman–Crippen MR) is 83.7 cm³/mol. The molecule has 0 aliphatic rings. The number of nitrogens with one attached hydrogen (secondary N) is 1. The SMILES string of the molecule is CCCN(Cc1oc2ccccc2c1C(=O)NN)C(C)C. The van der Waals surface area contributed by atoms with Crippen molar-refractivity contribution in [2.45, 2.75) is 39.8 Å². The summed E-state index contributed by atoms with van der Waals surface area (Å²) in [5.41, 5.74) is 3.47. The van der Waals surface area contributed by atoms with Gasteiger partial charge in [0.1, 0.15) is 11.3 Å². The molecule has 0 aliphatic carbocycles. The number of furan rings is 1. The van der Waals surface area contributed by atoms with Gasteiger partial charge in [-0.1, -0.05) is 25.1 Å². The highest BCUT2D eigenvalue weighted by molar-refractivity contribution is 6.07. The third-order valence-electron chi connectivity index (χ3n) is 3.61. The summed E-state index contributed by atoms with van der Waals surface area (Å²) in [6, 6.07) is 7.91. The number of rotatable bonds is 6. The largest absolute Gasteiger partial charge is 0.459 e. The highest BCUT2D eigenvalue weighted by atomic mass is 16.3. The fraction of sp³-hybridized carbons (Fsp3) is 0.438. The molecule has 5 nitrogen and oxygen atoms in total. The molecule has 2 aromatic rings. The molecule has 0 spiro atoms. The van der Waals surface area contributed by atoms with Gasteiger partial charge in [0.15, 0.2) is 0 Å². The molecular formula is C16H23N3O2. The van der Waals surface area contributed by atoms with E-state index in [-0.39, 0.29) is 5.91 Å². The maximum Gasteiger partial charge on any atom is 0.269 e. The van der Waals surface area contributed by atoms with Crippen LogP contribution < -0.4 is 11.3 Å². The smallest absolute Gasteiger partial charge is 0.269 e. The standard InChI is InChI=1S/C16H23N3O2/c1-4-9-19(11(2)3)10-14-15(16(20)18-17)12-7-5-6-8-13(12)21-14/h5-8,11H,4,9-10,17H2,1-3H3,(H,18,20). The lowest BCUT2D eigenvalue weighted by molar-refractivity contribution is 0.0950. The van der Waals surface area contributed by atoms with E-state index in [0.717, 1.165) is 18.4 Å². The number of nitrogens with zero attached hydrogens (tertiary/aromatic N) is 1. The van der Waals surface area contributed by atoms with Crippen LogP contribution in [-0.4, -0.2) is 23.4 Å². The number of benzene rings is 1. The first-order valence-electron chi connectivity index (χ1n) is 7.33. The highest BCUT2D eigenvalue weighted by Gasteiger charge is 2.22. The van der Waals surface area contributed by atoms with Crippen LogP contribution in [0.4, 0.5) is 0 Å². The summed E-state index contributed by atoms with van der Waals surface area (Å²) in [7, 11) is 0. The Hall–Kier alpha value is -1.85. The third kappa shape index (κ3) is 3.25. The Bertz CT molecular complexity index is 619. The van der Waals surface area contributed by atoms with Gasteiger partial charge in [0.05, 0.1) is 12.1 Å². The summed E-state index contributed by atoms with van der Waals surface area (Å²) in [6.07, 6.45) is 1.05. The van der Waals surface area contributed by atoms with Crippen molar-refractivity contribution < 1.29 is 9.21 Å². The van der Waals surface area contributed by atoms with Crippen LogP contribution in [0.2, 0.25) is 0 Å². The molecule has 3 N–H and O–H groups in total. The molecule has 0 atom stereocenters. The molecule has 1 amide bonds. The maximum absolute atomic E-state index is 12.1. The molecule has 1 aromatic heterocycles. The first-order chi connectivity index (χ1) is 10.1. The van der Waals surface area contributed by atoms with Crippen molar-refractivity contribution in [1.82, 2.24) is 10.3 Å². The zero-order valence-corrected chi connectivity index (χ0v) is 12.8. The summed E-state index contributed by atoms with van der Waals surface area (Å²) >= 11 is 0. The molecule has 0 aliphatic heterocycles. The Morgan fingerprint density at radius 2 is 2.10 bits per heavy atom. The zero-order chi connectivity index (χ0) is 15.4. The Labute approximate surface area is 125 Å². The molecule has 0 saturated heterocycles. The van der Waals surface area contributed by atoms with Crippen LogP contribution in [-0.2, 0) is 6.54 Å². The van der Waals surface area contributed by atoms with Crippen LogP contribution in [0.25, 0.3) is 11.0 Å². The molecule has 2 rings (SSSR count). The minimum absolute atomic E-state index is 0.310. The zero-order valence-electron chi connectivity index (χ0n) is 12.8. The molecule has 0 radical (unpaired) electrons. The van der Waals surface area contributed by atoms with Crippen LogP contribution in [0.5, 0.6) is 0 Å². The van der Waals surface area contributed by atoms with Gasteiger partial charge in [0.2, 0.25) is 0 Å². The Balaban J connectivity index is 2.44. The van der Waals surface area contributed by atoms with E-state index in [1.807, 2.05) is 24.3 Å². The van der Waals surface area contributed by atoms with E-state index in [2.05, 4.69) is 31.1 Å². The third-order valence-corrected chi connectivity index (χ3v) is 3.61. The first kappa shape index (κ1) is 15.5. The van der Waals surface area contributed by atoms with Crippen molar-refractivity contribution in [2.24, 2.45) is 5.84 Å². The summed E-state index contributed by atoms with van der Waals surface area (Å²) in [6.45, 7) is 7.98. The van der Waals surface area contributed by atoms with E-state index >= 15 is 0 Å². The van der Waals surface area contributed by atoms with E-state index in [1.165, 1.54) is 0 Å². The van der Waals surface area contributed by atoms with Crippen LogP contribution in [0.1, 0.15) is 43.3 Å². The first-order valence-corrected chi connectivity index (χ1v) is 7.33. The van der Waals surface area contributed by atoms with E-state index in [0.29, 0.717) is 29.5 Å². The second-order valence-electron chi connectivity index (χ2n) is 5.43. The number of carbonyl (C=O) groups excluding carboxylic acids is 1. The lowest BCUT2D eigenvalue weighted by Crippen LogP contribution is -2.33. The molecule has 21 heavy (non-hydrogen) atoms. The summed E-state index contributed by atoms with van der Waals surface area (Å²) in [5, 5.41) is 0.802. The van der Waals surface area contributed by atoms with Crippen molar-refractivity contribution in [1.29, 1.82) is 0 Å². The van der Waals surface area contributed by atoms with Gasteiger partial charge >= 0.3 is 0 Å². The molecule has 1 heterocycles. The average molecular weight is 289 g/mol. The van der Waals surface area contributed by atoms with Gasteiger partial charge in [-0.3, -0.25) is 15.1 Å². The average Bonchev–Trinajstić information content (AvgIpc) is 2.83. The molecular weight excluding hydrogens is 266 g/mol. The number of para-hydroxylation sites is 1. The predicted octanol–water partition coefficient (Wildman–Crippen LogP) is 2.66. The van der Waals surface area contributed by atoms with Crippen molar-refractivity contribution in [2.75, 3.05) is 6.54 Å². The van der Waals surface area contributed by atoms with Gasteiger partial charge < -0.3 is 4.42 Å². The van der Waals surface area contributed by atoms with Crippen molar-refractivity contribution in [3.05, 3.63) is 35.6 Å². The minimum Gasteiger partial charge on any atom is -0.459 e. The minimum atomic E-state index is -0.310. The molecule has 0 unspecified atom stereocenters. The lowest BCUT2D eigenvalue weighted by Gasteiger charge is -2.25. The Morgan fingerprint density at radius 3 is 2.71 bits per heavy atom. The van der Waals surface area contributed by atoms with Crippen molar-refractivity contribution >= 4 is 16.9 Å². The van der Waals surface area contributed by atoms with Gasteiger partial charge in [-0.05, 0) is 32.9 Å². The summed E-state index contributed by atoms with van der Waals surface area (Å²) in [4.78, 5) is 14.4. The monoisotopic (exact) mass is 289 g/mol. The van der Waals surface area contributed by atoms with Crippen LogP contribution in [0.15, 0.2) is 28.7 Å². The number of fused-ring (bicyclic) bond motifs is 1. The highest BCUT2D eigenvalue weighted by Crippen LogP contribution is 2.27. The van der Waals surface area contributed by atoms with Gasteiger partial charge in [0, 0.05) is 11.4 Å². The molecule has 0 fully saturated rings. The normalized spacial score (nSPS) is 11.5. The van der Waals surface area contributed by atoms with Crippen LogP contribution in [0, 0.1) is 0 Å². The van der Waals surface area contributed by atoms with E-state index in [1.54, 1.807) is 0 Å². The molecule has 1 aromatic carbocycles. The quantitative estimate of drug-likeness (QED) is 0.487. The lowest BCUT2D eigenvalue weighted by atomic mass is 10.1. The van der Waals surface area contributed by atoms with Crippen molar-refractivity contribution in [3.63, 3.8) is 0 Å². The van der Waals surface area contributed by atoms with E-state index < -0.39 is 0 Å². The van der Waals surface area contributed by atoms with Gasteiger partial charge in [0.25, 0.3) is 5.91 Å². The number of nitrogens with two attached hydrogens (primary N) is 1. The number of hydrazine groups is 1. The number of hydrogen-bond acceptors (Lipinski definition) is 4. The second kappa shape index (κ2) is 6.74. The van der Waals surface area contributed by atoms with Crippen LogP contribution in [0.3, 0.4) is 0 Å². The molecule has 5 heteroatoms. The van der Waals surface area contributed by atoms with Crippen molar-refractivity contribution in [3.8, 4) is 0 Å². The Kier molecular flexibility index (Phi) is 4.98. The topological polar surface area (TPSA) is 71.5 Å². The summed E-state index contributed by atoms with van der Waals surface area (Å²) in [5.74, 6) is 5.68. The number of nitrogen functional groups attached to an aromatic ring is 1.